The maximum atomic E-state index is 14.0. The molecule has 0 saturated carbocycles. The second kappa shape index (κ2) is 13.5. The highest BCUT2D eigenvalue weighted by Crippen LogP contribution is 2.48. The Morgan fingerprint density at radius 1 is 1.23 bits per heavy atom. The van der Waals surface area contributed by atoms with Gasteiger partial charge in [-0.25, -0.2) is 9.36 Å². The molecular formula is C25H26ClN6O10P. The summed E-state index contributed by atoms with van der Waals surface area (Å²) in [6, 6.07) is 14.1. The van der Waals surface area contributed by atoms with Crippen LogP contribution in [0.4, 0.5) is 0 Å². The van der Waals surface area contributed by atoms with E-state index in [1.807, 2.05) is 4.98 Å². The summed E-state index contributed by atoms with van der Waals surface area (Å²) in [7, 11) is -4.60. The van der Waals surface area contributed by atoms with Crippen LogP contribution in [0.2, 0.25) is 5.02 Å². The molecule has 3 aromatic rings. The summed E-state index contributed by atoms with van der Waals surface area (Å²) in [6.07, 6.45) is -4.57. The van der Waals surface area contributed by atoms with Gasteiger partial charge in [-0.2, -0.15) is 5.09 Å². The molecule has 228 valence electrons. The number of nitrogens with one attached hydrogen (secondary N) is 2. The summed E-state index contributed by atoms with van der Waals surface area (Å²) in [6.45, 7) is 0.257. The number of aromatic amines is 1. The minimum atomic E-state index is -4.60. The Hall–Kier alpha value is -3.98. The molecule has 1 aromatic heterocycles. The molecule has 1 fully saturated rings. The van der Waals surface area contributed by atoms with Gasteiger partial charge in [-0.15, -0.1) is 0 Å². The molecule has 4 N–H and O–H groups in total. The molecule has 0 bridgehead atoms. The van der Waals surface area contributed by atoms with Crippen LogP contribution in [0.5, 0.6) is 5.75 Å². The van der Waals surface area contributed by atoms with E-state index >= 15 is 0 Å². The van der Waals surface area contributed by atoms with Crippen LogP contribution in [0, 0.1) is 0 Å². The Kier molecular flexibility index (Phi) is 10.1. The van der Waals surface area contributed by atoms with E-state index in [0.717, 1.165) is 16.8 Å². The maximum Gasteiger partial charge on any atom is 0.459 e. The van der Waals surface area contributed by atoms with Crippen molar-refractivity contribution in [1.82, 2.24) is 14.6 Å². The minimum Gasteiger partial charge on any atom is -0.460 e. The molecule has 0 radical (unpaired) electrons. The average molecular weight is 637 g/mol. The van der Waals surface area contributed by atoms with Crippen LogP contribution in [-0.2, 0) is 30.0 Å². The van der Waals surface area contributed by atoms with Crippen molar-refractivity contribution < 1.29 is 38.1 Å². The zero-order valence-corrected chi connectivity index (χ0v) is 24.0. The lowest BCUT2D eigenvalue weighted by Gasteiger charge is -2.29. The van der Waals surface area contributed by atoms with Crippen LogP contribution in [0.1, 0.15) is 18.7 Å². The van der Waals surface area contributed by atoms with Crippen molar-refractivity contribution >= 4 is 25.3 Å². The normalized spacial score (nSPS) is 23.5. The summed E-state index contributed by atoms with van der Waals surface area (Å²) in [5.41, 5.74) is 5.75. The number of aromatic nitrogens is 2. The number of H-pyrrole nitrogens is 1. The van der Waals surface area contributed by atoms with Gasteiger partial charge in [0.2, 0.25) is 5.72 Å². The first-order valence-corrected chi connectivity index (χ1v) is 14.5. The topological polar surface area (TPSA) is 227 Å². The van der Waals surface area contributed by atoms with Gasteiger partial charge in [-0.3, -0.25) is 23.7 Å². The highest BCUT2D eigenvalue weighted by molar-refractivity contribution is 7.52. The van der Waals surface area contributed by atoms with E-state index in [1.54, 1.807) is 30.3 Å². The molecule has 0 aliphatic carbocycles. The lowest BCUT2D eigenvalue weighted by molar-refractivity contribution is -0.146. The van der Waals surface area contributed by atoms with E-state index in [-0.39, 0.29) is 12.4 Å². The Balaban J connectivity index is 1.57. The average Bonchev–Trinajstić information content (AvgIpc) is 3.22. The number of carbonyl (C=O) groups is 1. The molecule has 1 aliphatic heterocycles. The second-order valence-corrected chi connectivity index (χ2v) is 11.4. The Morgan fingerprint density at radius 2 is 1.93 bits per heavy atom. The van der Waals surface area contributed by atoms with Crippen LogP contribution in [0.25, 0.3) is 10.4 Å². The zero-order valence-electron chi connectivity index (χ0n) is 22.3. The molecular weight excluding hydrogens is 611 g/mol. The number of aliphatic hydroxyl groups is 2. The highest BCUT2D eigenvalue weighted by atomic mass is 35.5. The number of aliphatic hydroxyl groups excluding tert-OH is 2. The van der Waals surface area contributed by atoms with Crippen molar-refractivity contribution in [3.8, 4) is 5.75 Å². The number of esters is 1. The van der Waals surface area contributed by atoms with E-state index in [2.05, 4.69) is 15.1 Å². The number of azide groups is 1. The second-order valence-electron chi connectivity index (χ2n) is 9.26. The fourth-order valence-electron chi connectivity index (χ4n) is 3.97. The SMILES string of the molecule is C[C@H](NP(=O)(OC[C@@]1(N=[N+]=[N-])O[C@@H](n2ccc(=O)[nH]c2=O)[C@H](O)[C@@H]1O)Oc1ccc(Cl)cc1)C(=O)OCc1ccccc1. The van der Waals surface area contributed by atoms with Crippen molar-refractivity contribution in [1.29, 1.82) is 0 Å². The largest absolute Gasteiger partial charge is 0.460 e. The summed E-state index contributed by atoms with van der Waals surface area (Å²) in [5.74, 6) is -0.823. The summed E-state index contributed by atoms with van der Waals surface area (Å²) < 4.78 is 36.7. The van der Waals surface area contributed by atoms with E-state index in [4.69, 9.17) is 30.1 Å². The molecule has 16 nitrogen and oxygen atoms in total. The maximum absolute atomic E-state index is 14.0. The predicted molar refractivity (Wildman–Crippen MR) is 150 cm³/mol. The monoisotopic (exact) mass is 636 g/mol. The Morgan fingerprint density at radius 3 is 2.58 bits per heavy atom. The minimum absolute atomic E-state index is 0.00601. The van der Waals surface area contributed by atoms with Crippen molar-refractivity contribution in [2.75, 3.05) is 6.61 Å². The number of carbonyl (C=O) groups excluding carboxylic acids is 1. The molecule has 43 heavy (non-hydrogen) atoms. The molecule has 2 heterocycles. The van der Waals surface area contributed by atoms with Gasteiger partial charge in [-0.1, -0.05) is 47.0 Å². The third-order valence-electron chi connectivity index (χ3n) is 6.15. The smallest absolute Gasteiger partial charge is 0.459 e. The fraction of sp³-hybridized carbons (Fsp3) is 0.320. The van der Waals surface area contributed by atoms with E-state index < -0.39 is 61.8 Å². The number of ether oxygens (including phenoxy) is 2. The van der Waals surface area contributed by atoms with Gasteiger partial charge in [0, 0.05) is 22.2 Å². The number of hydrogen-bond acceptors (Lipinski definition) is 11. The molecule has 2 aromatic carbocycles. The summed E-state index contributed by atoms with van der Waals surface area (Å²) >= 11 is 5.92. The summed E-state index contributed by atoms with van der Waals surface area (Å²) in [4.78, 5) is 41.1. The third-order valence-corrected chi connectivity index (χ3v) is 8.03. The third kappa shape index (κ3) is 7.70. The van der Waals surface area contributed by atoms with E-state index in [1.165, 1.54) is 31.2 Å². The van der Waals surface area contributed by atoms with Crippen LogP contribution in [-0.4, -0.2) is 56.3 Å². The number of nitrogens with zero attached hydrogens (tertiary/aromatic N) is 4. The molecule has 6 atom stereocenters. The van der Waals surface area contributed by atoms with Crippen molar-refractivity contribution in [3.05, 3.63) is 109 Å². The first kappa shape index (κ1) is 31.9. The lowest BCUT2D eigenvalue weighted by Crippen LogP contribution is -2.45. The molecule has 1 saturated heterocycles. The van der Waals surface area contributed by atoms with Gasteiger partial charge < -0.3 is 24.2 Å². The van der Waals surface area contributed by atoms with Crippen LogP contribution in [0.3, 0.4) is 0 Å². The van der Waals surface area contributed by atoms with Crippen LogP contribution < -0.4 is 20.9 Å². The van der Waals surface area contributed by atoms with E-state index in [0.29, 0.717) is 10.6 Å². The predicted octanol–water partition coefficient (Wildman–Crippen LogP) is 2.37. The first-order valence-electron chi connectivity index (χ1n) is 12.5. The van der Waals surface area contributed by atoms with Crippen LogP contribution >= 0.6 is 19.3 Å². The standard InChI is InChI=1S/C25H26ClN6O10P/c1-15(23(36)39-13-16-5-3-2-4-6-16)29-43(38,42-18-9-7-17(26)8-10-18)40-14-25(30-31-27)21(35)20(34)22(41-25)32-12-11-19(33)28-24(32)37/h2-12,15,20-22,34-35H,13-14H2,1H3,(H,29,38)(H,28,33,37)/t15-,20+,21-,22+,25+,43?/m0/s1. The molecule has 18 heteroatoms. The Bertz CT molecular complexity index is 1650. The molecule has 1 aliphatic rings. The van der Waals surface area contributed by atoms with Crippen molar-refractivity contribution in [3.63, 3.8) is 0 Å². The molecule has 0 amide bonds. The number of benzene rings is 2. The van der Waals surface area contributed by atoms with Gasteiger partial charge in [0.25, 0.3) is 5.56 Å². The fourth-order valence-corrected chi connectivity index (χ4v) is 5.61. The number of halogens is 1. The zero-order chi connectivity index (χ0) is 31.2. The van der Waals surface area contributed by atoms with Gasteiger partial charge in [0.05, 0.1) is 6.61 Å². The van der Waals surface area contributed by atoms with E-state index in [9.17, 15) is 34.7 Å². The van der Waals surface area contributed by atoms with Gasteiger partial charge >= 0.3 is 19.4 Å². The van der Waals surface area contributed by atoms with Crippen LogP contribution in [0.15, 0.2) is 81.6 Å². The lowest BCUT2D eigenvalue weighted by atomic mass is 10.1. The quantitative estimate of drug-likeness (QED) is 0.0741. The summed E-state index contributed by atoms with van der Waals surface area (Å²) in [5, 5.41) is 27.7. The number of rotatable bonds is 12. The van der Waals surface area contributed by atoms with Gasteiger partial charge in [0.1, 0.15) is 30.6 Å². The number of hydrogen-bond donors (Lipinski definition) is 4. The highest BCUT2D eigenvalue weighted by Gasteiger charge is 2.56. The molecule has 4 rings (SSSR count). The Labute approximate surface area is 248 Å². The molecule has 0 spiro atoms. The van der Waals surface area contributed by atoms with Gasteiger partial charge in [-0.05, 0) is 42.3 Å². The van der Waals surface area contributed by atoms with Crippen molar-refractivity contribution in [2.24, 2.45) is 5.11 Å². The van der Waals surface area contributed by atoms with Crippen molar-refractivity contribution in [2.45, 2.75) is 43.7 Å². The first-order chi connectivity index (χ1) is 20.4. The van der Waals surface area contributed by atoms with Gasteiger partial charge in [0.15, 0.2) is 6.23 Å². The molecule has 1 unspecified atom stereocenters.